The van der Waals surface area contributed by atoms with Gasteiger partial charge in [-0.3, -0.25) is 0 Å². The summed E-state index contributed by atoms with van der Waals surface area (Å²) >= 11 is 0. The Morgan fingerprint density at radius 3 is 2.40 bits per heavy atom. The van der Waals surface area contributed by atoms with Crippen molar-refractivity contribution in [3.63, 3.8) is 0 Å². The largest absolute Gasteiger partial charge is 0.0654 e. The molecule has 0 spiro atoms. The molecule has 1 rings (SSSR count). The molecule has 0 saturated heterocycles. The number of rotatable bonds is 7. The van der Waals surface area contributed by atoms with E-state index in [4.69, 9.17) is 0 Å². The highest BCUT2D eigenvalue weighted by atomic mass is 14.1. The molecule has 83 valence electrons. The zero-order valence-corrected chi connectivity index (χ0v) is 9.91. The van der Waals surface area contributed by atoms with Gasteiger partial charge < -0.3 is 0 Å². The highest BCUT2D eigenvalue weighted by Crippen LogP contribution is 2.26. The normalized spacial score (nSPS) is 12.7. The third-order valence-electron chi connectivity index (χ3n) is 2.98. The van der Waals surface area contributed by atoms with Crippen molar-refractivity contribution >= 4 is 0 Å². The van der Waals surface area contributed by atoms with Crippen molar-refractivity contribution in [2.75, 3.05) is 0 Å². The molecule has 0 aliphatic carbocycles. The molecule has 0 heterocycles. The molecule has 0 amide bonds. The molecule has 0 aliphatic heterocycles. The summed E-state index contributed by atoms with van der Waals surface area (Å²) in [6.07, 6.45) is 7.63. The maximum Gasteiger partial charge on any atom is -0.0162 e. The standard InChI is InChI=1S/C15H23/c1-3-5-7-11-14(10-4-2)15-12-8-6-9-13-15/h6,8-9,12-14H,2-5,7,10-11H2,1H3. The summed E-state index contributed by atoms with van der Waals surface area (Å²) in [5.74, 6) is 0.732. The lowest BCUT2D eigenvalue weighted by molar-refractivity contribution is 0.538. The van der Waals surface area contributed by atoms with Gasteiger partial charge in [0.2, 0.25) is 0 Å². The molecule has 0 N–H and O–H groups in total. The average Bonchev–Trinajstić information content (AvgIpc) is 2.29. The molecular weight excluding hydrogens is 180 g/mol. The van der Waals surface area contributed by atoms with Crippen LogP contribution in [-0.4, -0.2) is 0 Å². The third-order valence-corrected chi connectivity index (χ3v) is 2.98. The first-order chi connectivity index (χ1) is 7.38. The first-order valence-electron chi connectivity index (χ1n) is 6.22. The third kappa shape index (κ3) is 4.51. The lowest BCUT2D eigenvalue weighted by Crippen LogP contribution is -1.98. The second kappa shape index (κ2) is 7.50. The predicted molar refractivity (Wildman–Crippen MR) is 67.9 cm³/mol. The fourth-order valence-electron chi connectivity index (χ4n) is 2.09. The van der Waals surface area contributed by atoms with Crippen molar-refractivity contribution in [2.24, 2.45) is 0 Å². The average molecular weight is 203 g/mol. The van der Waals surface area contributed by atoms with Crippen molar-refractivity contribution in [2.45, 2.75) is 51.4 Å². The highest BCUT2D eigenvalue weighted by Gasteiger charge is 2.09. The number of hydrogen-bond donors (Lipinski definition) is 0. The zero-order chi connectivity index (χ0) is 10.9. The van der Waals surface area contributed by atoms with Gasteiger partial charge in [0.05, 0.1) is 0 Å². The molecule has 1 aromatic carbocycles. The second-order valence-electron chi connectivity index (χ2n) is 4.25. The molecule has 0 bridgehead atoms. The Kier molecular flexibility index (Phi) is 6.15. The van der Waals surface area contributed by atoms with E-state index in [2.05, 4.69) is 44.2 Å². The van der Waals surface area contributed by atoms with Gasteiger partial charge in [-0.15, -0.1) is 0 Å². The molecule has 1 radical (unpaired) electrons. The Balaban J connectivity index is 2.50. The number of unbranched alkanes of at least 4 members (excludes halogenated alkanes) is 2. The molecule has 0 nitrogen and oxygen atoms in total. The van der Waals surface area contributed by atoms with Crippen LogP contribution in [0.5, 0.6) is 0 Å². The van der Waals surface area contributed by atoms with Gasteiger partial charge in [0, 0.05) is 0 Å². The van der Waals surface area contributed by atoms with Crippen molar-refractivity contribution in [3.8, 4) is 0 Å². The minimum atomic E-state index is 0.732. The summed E-state index contributed by atoms with van der Waals surface area (Å²) in [7, 11) is 0. The molecule has 0 fully saturated rings. The molecule has 0 heteroatoms. The van der Waals surface area contributed by atoms with Crippen LogP contribution in [0, 0.1) is 6.92 Å². The molecule has 1 atom stereocenters. The molecule has 15 heavy (non-hydrogen) atoms. The van der Waals surface area contributed by atoms with Gasteiger partial charge in [0.25, 0.3) is 0 Å². The van der Waals surface area contributed by atoms with Crippen molar-refractivity contribution in [1.82, 2.24) is 0 Å². The molecule has 0 aliphatic rings. The SMILES string of the molecule is [CH2]CCC(CCCCC)c1ccccc1. The van der Waals surface area contributed by atoms with Crippen molar-refractivity contribution in [1.29, 1.82) is 0 Å². The minimum absolute atomic E-state index is 0.732. The molecule has 0 saturated carbocycles. The van der Waals surface area contributed by atoms with Gasteiger partial charge in [-0.05, 0) is 24.3 Å². The summed E-state index contributed by atoms with van der Waals surface area (Å²) in [4.78, 5) is 0. The van der Waals surface area contributed by atoms with Crippen LogP contribution >= 0.6 is 0 Å². The fourth-order valence-corrected chi connectivity index (χ4v) is 2.09. The van der Waals surface area contributed by atoms with E-state index in [1.54, 1.807) is 0 Å². The van der Waals surface area contributed by atoms with Crippen LogP contribution in [0.1, 0.15) is 56.9 Å². The second-order valence-corrected chi connectivity index (χ2v) is 4.25. The maximum absolute atomic E-state index is 3.98. The molecule has 1 aromatic rings. The fraction of sp³-hybridized carbons (Fsp3) is 0.533. The summed E-state index contributed by atoms with van der Waals surface area (Å²) in [6.45, 7) is 6.24. The van der Waals surface area contributed by atoms with Gasteiger partial charge in [-0.25, -0.2) is 0 Å². The summed E-state index contributed by atoms with van der Waals surface area (Å²) in [6, 6.07) is 10.9. The summed E-state index contributed by atoms with van der Waals surface area (Å²) < 4.78 is 0. The predicted octanol–water partition coefficient (Wildman–Crippen LogP) is 4.96. The van der Waals surface area contributed by atoms with Gasteiger partial charge in [0.15, 0.2) is 0 Å². The first-order valence-corrected chi connectivity index (χ1v) is 6.22. The highest BCUT2D eigenvalue weighted by molar-refractivity contribution is 5.19. The van der Waals surface area contributed by atoms with Gasteiger partial charge in [0.1, 0.15) is 0 Å². The number of hydrogen-bond acceptors (Lipinski definition) is 0. The van der Waals surface area contributed by atoms with Crippen LogP contribution in [0.3, 0.4) is 0 Å². The van der Waals surface area contributed by atoms with E-state index in [-0.39, 0.29) is 0 Å². The van der Waals surface area contributed by atoms with Crippen LogP contribution in [-0.2, 0) is 0 Å². The van der Waals surface area contributed by atoms with Crippen LogP contribution in [0.4, 0.5) is 0 Å². The Hall–Kier alpha value is -0.780. The molecule has 1 unspecified atom stereocenters. The van der Waals surface area contributed by atoms with Crippen LogP contribution in [0.15, 0.2) is 30.3 Å². The first kappa shape index (κ1) is 12.3. The van der Waals surface area contributed by atoms with Gasteiger partial charge in [-0.1, -0.05) is 69.9 Å². The Morgan fingerprint density at radius 1 is 1.07 bits per heavy atom. The maximum atomic E-state index is 3.98. The van der Waals surface area contributed by atoms with Crippen LogP contribution in [0.2, 0.25) is 0 Å². The van der Waals surface area contributed by atoms with E-state index in [9.17, 15) is 0 Å². The lowest BCUT2D eigenvalue weighted by atomic mass is 9.89. The number of benzene rings is 1. The Morgan fingerprint density at radius 2 is 1.80 bits per heavy atom. The van der Waals surface area contributed by atoms with Crippen LogP contribution < -0.4 is 0 Å². The van der Waals surface area contributed by atoms with Crippen LogP contribution in [0.25, 0.3) is 0 Å². The zero-order valence-electron chi connectivity index (χ0n) is 9.91. The lowest BCUT2D eigenvalue weighted by Gasteiger charge is -2.16. The van der Waals surface area contributed by atoms with E-state index < -0.39 is 0 Å². The topological polar surface area (TPSA) is 0 Å². The van der Waals surface area contributed by atoms with E-state index in [1.807, 2.05) is 0 Å². The van der Waals surface area contributed by atoms with E-state index in [0.29, 0.717) is 0 Å². The summed E-state index contributed by atoms with van der Waals surface area (Å²) in [5.41, 5.74) is 1.50. The molecule has 0 aromatic heterocycles. The minimum Gasteiger partial charge on any atom is -0.0654 e. The quantitative estimate of drug-likeness (QED) is 0.549. The van der Waals surface area contributed by atoms with E-state index in [0.717, 1.165) is 12.3 Å². The summed E-state index contributed by atoms with van der Waals surface area (Å²) in [5, 5.41) is 0. The Labute approximate surface area is 94.7 Å². The van der Waals surface area contributed by atoms with Crippen molar-refractivity contribution < 1.29 is 0 Å². The van der Waals surface area contributed by atoms with E-state index >= 15 is 0 Å². The monoisotopic (exact) mass is 203 g/mol. The Bertz CT molecular complexity index is 237. The van der Waals surface area contributed by atoms with Crippen molar-refractivity contribution in [3.05, 3.63) is 42.8 Å². The van der Waals surface area contributed by atoms with Gasteiger partial charge in [-0.2, -0.15) is 0 Å². The van der Waals surface area contributed by atoms with Gasteiger partial charge >= 0.3 is 0 Å². The molecular formula is C15H23. The smallest absolute Gasteiger partial charge is 0.0162 e. The van der Waals surface area contributed by atoms with E-state index in [1.165, 1.54) is 37.7 Å².